The Morgan fingerprint density at radius 2 is 2.00 bits per heavy atom. The van der Waals surface area contributed by atoms with Crippen molar-refractivity contribution in [2.24, 2.45) is 0 Å². The quantitative estimate of drug-likeness (QED) is 0.873. The number of amides is 1. The number of anilines is 1. The van der Waals surface area contributed by atoms with E-state index in [1.54, 1.807) is 18.2 Å². The summed E-state index contributed by atoms with van der Waals surface area (Å²) in [5.41, 5.74) is -1.16. The molecular weight excluding hydrogens is 377 g/mol. The lowest BCUT2D eigenvalue weighted by Crippen LogP contribution is -2.31. The van der Waals surface area contributed by atoms with Gasteiger partial charge in [-0.1, -0.05) is 15.9 Å². The summed E-state index contributed by atoms with van der Waals surface area (Å²) >= 11 is 3.32. The maximum absolute atomic E-state index is 12.7. The highest BCUT2D eigenvalue weighted by molar-refractivity contribution is 9.10. The van der Waals surface area contributed by atoms with Gasteiger partial charge in [-0.2, -0.15) is 13.2 Å². The maximum atomic E-state index is 12.7. The SMILES string of the molecule is Cc1cc(NC(=O)Cn2cccc(C(F)(F)F)c2=O)ccc1Br. The molecule has 0 fully saturated rings. The monoisotopic (exact) mass is 388 g/mol. The highest BCUT2D eigenvalue weighted by Crippen LogP contribution is 2.26. The lowest BCUT2D eigenvalue weighted by molar-refractivity contribution is -0.139. The Morgan fingerprint density at radius 3 is 2.61 bits per heavy atom. The summed E-state index contributed by atoms with van der Waals surface area (Å²) in [7, 11) is 0. The van der Waals surface area contributed by atoms with E-state index in [9.17, 15) is 22.8 Å². The predicted molar refractivity (Wildman–Crippen MR) is 83.2 cm³/mol. The third kappa shape index (κ3) is 4.22. The molecule has 1 aromatic heterocycles. The molecule has 2 rings (SSSR count). The van der Waals surface area contributed by atoms with Crippen LogP contribution in [-0.2, 0) is 17.5 Å². The first-order valence-corrected chi connectivity index (χ1v) is 7.30. The number of hydrogen-bond acceptors (Lipinski definition) is 2. The zero-order valence-corrected chi connectivity index (χ0v) is 13.5. The highest BCUT2D eigenvalue weighted by Gasteiger charge is 2.34. The van der Waals surface area contributed by atoms with Gasteiger partial charge < -0.3 is 9.88 Å². The van der Waals surface area contributed by atoms with Gasteiger partial charge in [-0.25, -0.2) is 0 Å². The van der Waals surface area contributed by atoms with Crippen LogP contribution in [0.4, 0.5) is 18.9 Å². The lowest BCUT2D eigenvalue weighted by atomic mass is 10.2. The number of carbonyl (C=O) groups excluding carboxylic acids is 1. The van der Waals surface area contributed by atoms with E-state index >= 15 is 0 Å². The zero-order valence-electron chi connectivity index (χ0n) is 11.9. The van der Waals surface area contributed by atoms with Gasteiger partial charge in [0, 0.05) is 16.4 Å². The van der Waals surface area contributed by atoms with Crippen LogP contribution in [0.5, 0.6) is 0 Å². The number of aryl methyl sites for hydroxylation is 1. The van der Waals surface area contributed by atoms with Crippen molar-refractivity contribution in [3.63, 3.8) is 0 Å². The highest BCUT2D eigenvalue weighted by atomic mass is 79.9. The number of carbonyl (C=O) groups is 1. The molecule has 0 spiro atoms. The maximum Gasteiger partial charge on any atom is 0.421 e. The van der Waals surface area contributed by atoms with E-state index in [1.165, 1.54) is 0 Å². The van der Waals surface area contributed by atoms with Crippen LogP contribution in [-0.4, -0.2) is 10.5 Å². The van der Waals surface area contributed by atoms with Gasteiger partial charge in [-0.3, -0.25) is 9.59 Å². The summed E-state index contributed by atoms with van der Waals surface area (Å²) in [6.07, 6.45) is -3.61. The Morgan fingerprint density at radius 1 is 1.30 bits per heavy atom. The largest absolute Gasteiger partial charge is 0.421 e. The Balaban J connectivity index is 2.18. The van der Waals surface area contributed by atoms with Crippen LogP contribution >= 0.6 is 15.9 Å². The Bertz CT molecular complexity index is 800. The minimum Gasteiger partial charge on any atom is -0.325 e. The summed E-state index contributed by atoms with van der Waals surface area (Å²) in [6.45, 7) is 1.33. The van der Waals surface area contributed by atoms with E-state index in [2.05, 4.69) is 21.2 Å². The number of pyridine rings is 1. The molecule has 1 aromatic carbocycles. The average Bonchev–Trinajstić information content (AvgIpc) is 2.44. The first kappa shape index (κ1) is 17.3. The molecule has 1 N–H and O–H groups in total. The van der Waals surface area contributed by atoms with Gasteiger partial charge in [-0.05, 0) is 42.8 Å². The van der Waals surface area contributed by atoms with Crippen molar-refractivity contribution < 1.29 is 18.0 Å². The molecule has 8 heteroatoms. The standard InChI is InChI=1S/C15H12BrF3N2O2/c1-9-7-10(4-5-12(9)16)20-13(22)8-21-6-2-3-11(14(21)23)15(17,18)19/h2-7H,8H2,1H3,(H,20,22). The lowest BCUT2D eigenvalue weighted by Gasteiger charge is -2.11. The zero-order chi connectivity index (χ0) is 17.2. The van der Waals surface area contributed by atoms with Crippen molar-refractivity contribution >= 4 is 27.5 Å². The number of nitrogens with one attached hydrogen (secondary N) is 1. The van der Waals surface area contributed by atoms with Crippen LogP contribution in [0.3, 0.4) is 0 Å². The number of alkyl halides is 3. The van der Waals surface area contributed by atoms with Crippen LogP contribution in [0.1, 0.15) is 11.1 Å². The Labute approximate surface area is 138 Å². The number of hydrogen-bond donors (Lipinski definition) is 1. The normalized spacial score (nSPS) is 11.3. The molecule has 0 aliphatic rings. The molecule has 0 bridgehead atoms. The number of aromatic nitrogens is 1. The molecule has 0 saturated carbocycles. The minimum absolute atomic E-state index is 0.496. The molecule has 0 saturated heterocycles. The van der Waals surface area contributed by atoms with Crippen molar-refractivity contribution in [2.45, 2.75) is 19.6 Å². The molecule has 4 nitrogen and oxygen atoms in total. The van der Waals surface area contributed by atoms with Gasteiger partial charge in [0.15, 0.2) is 0 Å². The summed E-state index contributed by atoms with van der Waals surface area (Å²) in [6, 6.07) is 6.86. The van der Waals surface area contributed by atoms with Crippen LogP contribution in [0.2, 0.25) is 0 Å². The third-order valence-electron chi connectivity index (χ3n) is 3.08. The van der Waals surface area contributed by atoms with Crippen molar-refractivity contribution in [3.8, 4) is 0 Å². The fourth-order valence-electron chi connectivity index (χ4n) is 1.95. The molecule has 2 aromatic rings. The topological polar surface area (TPSA) is 51.1 Å². The first-order valence-electron chi connectivity index (χ1n) is 6.51. The van der Waals surface area contributed by atoms with Crippen LogP contribution < -0.4 is 10.9 Å². The van der Waals surface area contributed by atoms with Crippen molar-refractivity contribution in [1.29, 1.82) is 0 Å². The van der Waals surface area contributed by atoms with E-state index in [4.69, 9.17) is 0 Å². The summed E-state index contributed by atoms with van der Waals surface area (Å²) < 4.78 is 39.6. The second-order valence-electron chi connectivity index (χ2n) is 4.86. The molecular formula is C15H12BrF3N2O2. The van der Waals surface area contributed by atoms with Gasteiger partial charge in [-0.15, -0.1) is 0 Å². The van der Waals surface area contributed by atoms with Crippen molar-refractivity contribution in [3.05, 3.63) is 62.5 Å². The fraction of sp³-hybridized carbons (Fsp3) is 0.200. The van der Waals surface area contributed by atoms with E-state index in [1.807, 2.05) is 6.92 Å². The average molecular weight is 389 g/mol. The second-order valence-corrected chi connectivity index (χ2v) is 5.72. The Hall–Kier alpha value is -2.09. The molecule has 0 aliphatic carbocycles. The van der Waals surface area contributed by atoms with E-state index < -0.39 is 29.8 Å². The van der Waals surface area contributed by atoms with Gasteiger partial charge in [0.05, 0.1) is 0 Å². The predicted octanol–water partition coefficient (Wildman–Crippen LogP) is 3.58. The van der Waals surface area contributed by atoms with E-state index in [0.29, 0.717) is 11.8 Å². The van der Waals surface area contributed by atoms with Gasteiger partial charge in [0.1, 0.15) is 12.1 Å². The van der Waals surface area contributed by atoms with Gasteiger partial charge in [0.2, 0.25) is 5.91 Å². The molecule has 122 valence electrons. The third-order valence-corrected chi connectivity index (χ3v) is 3.97. The molecule has 23 heavy (non-hydrogen) atoms. The molecule has 1 amide bonds. The molecule has 1 heterocycles. The van der Waals surface area contributed by atoms with E-state index in [-0.39, 0.29) is 0 Å². The van der Waals surface area contributed by atoms with E-state index in [0.717, 1.165) is 26.9 Å². The number of halogens is 4. The first-order chi connectivity index (χ1) is 10.7. The second kappa shape index (κ2) is 6.57. The molecule has 0 atom stereocenters. The van der Waals surface area contributed by atoms with Gasteiger partial charge >= 0.3 is 6.18 Å². The van der Waals surface area contributed by atoms with Gasteiger partial charge in [0.25, 0.3) is 5.56 Å². The van der Waals surface area contributed by atoms with Crippen LogP contribution in [0.25, 0.3) is 0 Å². The minimum atomic E-state index is -4.75. The van der Waals surface area contributed by atoms with Crippen molar-refractivity contribution in [2.75, 3.05) is 5.32 Å². The number of rotatable bonds is 3. The number of benzene rings is 1. The number of nitrogens with zero attached hydrogens (tertiary/aromatic N) is 1. The fourth-order valence-corrected chi connectivity index (χ4v) is 2.20. The smallest absolute Gasteiger partial charge is 0.325 e. The Kier molecular flexibility index (Phi) is 4.93. The molecule has 0 aliphatic heterocycles. The molecule has 0 radical (unpaired) electrons. The summed E-state index contributed by atoms with van der Waals surface area (Å²) in [5, 5.41) is 2.54. The summed E-state index contributed by atoms with van der Waals surface area (Å²) in [5.74, 6) is -0.590. The van der Waals surface area contributed by atoms with Crippen molar-refractivity contribution in [1.82, 2.24) is 4.57 Å². The van der Waals surface area contributed by atoms with Crippen LogP contribution in [0.15, 0.2) is 45.8 Å². The molecule has 0 unspecified atom stereocenters. The van der Waals surface area contributed by atoms with Crippen LogP contribution in [0, 0.1) is 6.92 Å². The summed E-state index contributed by atoms with van der Waals surface area (Å²) in [4.78, 5) is 23.7.